The molecule has 0 aromatic rings. The third-order valence-corrected chi connectivity index (χ3v) is 2.73. The quantitative estimate of drug-likeness (QED) is 0.445. The van der Waals surface area contributed by atoms with E-state index in [9.17, 15) is 4.21 Å². The third-order valence-electron chi connectivity index (χ3n) is 1.11. The van der Waals surface area contributed by atoms with Crippen LogP contribution in [-0.4, -0.2) is 18.6 Å². The van der Waals surface area contributed by atoms with Crippen molar-refractivity contribution in [2.75, 3.05) is 6.54 Å². The van der Waals surface area contributed by atoms with Crippen molar-refractivity contribution in [3.63, 3.8) is 0 Å². The van der Waals surface area contributed by atoms with Crippen LogP contribution < -0.4 is 0 Å². The van der Waals surface area contributed by atoms with Crippen molar-refractivity contribution in [1.82, 2.24) is 3.33 Å². The topological polar surface area (TPSA) is 40.5 Å². The largest absolute Gasteiger partial charge is 0.293 e. The molecular formula is C5H12BrNO2S. The molecule has 0 amide bonds. The average Bonchev–Trinajstić information content (AvgIpc) is 1.88. The van der Waals surface area contributed by atoms with E-state index >= 15 is 0 Å². The van der Waals surface area contributed by atoms with Gasteiger partial charge in [-0.3, -0.25) is 4.55 Å². The predicted octanol–water partition coefficient (Wildman–Crippen LogP) is 1.93. The predicted molar refractivity (Wildman–Crippen MR) is 45.9 cm³/mol. The summed E-state index contributed by atoms with van der Waals surface area (Å²) in [6.07, 6.45) is 3.17. The zero-order valence-electron chi connectivity index (χ0n) is 5.92. The van der Waals surface area contributed by atoms with Crippen LogP contribution in [-0.2, 0) is 11.3 Å². The molecule has 0 rings (SSSR count). The molecule has 0 heterocycles. The van der Waals surface area contributed by atoms with Crippen LogP contribution in [0.15, 0.2) is 0 Å². The maximum atomic E-state index is 10.3. The van der Waals surface area contributed by atoms with Crippen LogP contribution in [0.2, 0.25) is 0 Å². The van der Waals surface area contributed by atoms with Gasteiger partial charge in [0.15, 0.2) is 0 Å². The van der Waals surface area contributed by atoms with Gasteiger partial charge in [-0.2, -0.15) is 0 Å². The number of unbranched alkanes of at least 4 members (excludes halogenated alkanes) is 2. The van der Waals surface area contributed by atoms with Gasteiger partial charge < -0.3 is 0 Å². The molecule has 10 heavy (non-hydrogen) atoms. The van der Waals surface area contributed by atoms with Crippen molar-refractivity contribution in [3.05, 3.63) is 0 Å². The monoisotopic (exact) mass is 229 g/mol. The van der Waals surface area contributed by atoms with E-state index in [4.69, 9.17) is 4.55 Å². The van der Waals surface area contributed by atoms with Gasteiger partial charge in [-0.15, -0.1) is 3.33 Å². The van der Waals surface area contributed by atoms with Gasteiger partial charge in [0, 0.05) is 22.7 Å². The first-order valence-corrected chi connectivity index (χ1v) is 5.00. The Morgan fingerprint density at radius 1 is 1.60 bits per heavy atom. The molecule has 0 aliphatic rings. The Balaban J connectivity index is 3.21. The van der Waals surface area contributed by atoms with E-state index in [0.29, 0.717) is 6.54 Å². The van der Waals surface area contributed by atoms with Crippen molar-refractivity contribution < 1.29 is 8.76 Å². The van der Waals surface area contributed by atoms with Crippen LogP contribution in [0.3, 0.4) is 0 Å². The second kappa shape index (κ2) is 6.27. The summed E-state index contributed by atoms with van der Waals surface area (Å²) in [5.74, 6) is 0. The zero-order valence-corrected chi connectivity index (χ0v) is 8.32. The third kappa shape index (κ3) is 5.34. The summed E-state index contributed by atoms with van der Waals surface area (Å²) in [6.45, 7) is 2.71. The number of halogens is 1. The Morgan fingerprint density at radius 3 is 2.60 bits per heavy atom. The molecule has 0 aliphatic heterocycles. The van der Waals surface area contributed by atoms with Gasteiger partial charge >= 0.3 is 0 Å². The van der Waals surface area contributed by atoms with E-state index in [0.717, 1.165) is 19.3 Å². The van der Waals surface area contributed by atoms with Crippen molar-refractivity contribution in [1.29, 1.82) is 0 Å². The molecule has 0 fully saturated rings. The van der Waals surface area contributed by atoms with Gasteiger partial charge in [0.25, 0.3) is 0 Å². The van der Waals surface area contributed by atoms with Crippen LogP contribution in [0.25, 0.3) is 0 Å². The lowest BCUT2D eigenvalue weighted by Crippen LogP contribution is -2.14. The van der Waals surface area contributed by atoms with E-state index in [1.54, 1.807) is 0 Å². The second-order valence-electron chi connectivity index (χ2n) is 1.98. The Kier molecular flexibility index (Phi) is 6.62. The highest BCUT2D eigenvalue weighted by molar-refractivity contribution is 9.08. The molecule has 0 radical (unpaired) electrons. The standard InChI is InChI=1S/C5H12BrNO2S/c1-2-3-4-5-7(6)10(8)9/h2-5H2,1H3,(H,8,9). The number of rotatable bonds is 5. The molecular weight excluding hydrogens is 218 g/mol. The van der Waals surface area contributed by atoms with Gasteiger partial charge in [-0.05, 0) is 6.42 Å². The molecule has 0 bridgehead atoms. The first-order valence-electron chi connectivity index (χ1n) is 3.22. The lowest BCUT2D eigenvalue weighted by molar-refractivity contribution is 0.505. The molecule has 0 aliphatic carbocycles. The molecule has 62 valence electrons. The summed E-state index contributed by atoms with van der Waals surface area (Å²) < 4.78 is 20.0. The number of hydrogen-bond donors (Lipinski definition) is 1. The molecule has 1 N–H and O–H groups in total. The second-order valence-corrected chi connectivity index (χ2v) is 4.21. The summed E-state index contributed by atoms with van der Waals surface area (Å²) >= 11 is 1.09. The highest BCUT2D eigenvalue weighted by Crippen LogP contribution is 2.04. The van der Waals surface area contributed by atoms with Crippen molar-refractivity contribution in [3.8, 4) is 0 Å². The first kappa shape index (κ1) is 10.6. The molecule has 5 heteroatoms. The Morgan fingerprint density at radius 2 is 2.20 bits per heavy atom. The summed E-state index contributed by atoms with van der Waals surface area (Å²) in [6, 6.07) is 0. The molecule has 0 saturated heterocycles. The fourth-order valence-corrected chi connectivity index (χ4v) is 1.10. The summed E-state index contributed by atoms with van der Waals surface area (Å²) in [7, 11) is 0. The molecule has 0 saturated carbocycles. The highest BCUT2D eigenvalue weighted by atomic mass is 79.9. The normalized spacial score (nSPS) is 14.0. The highest BCUT2D eigenvalue weighted by Gasteiger charge is 2.03. The van der Waals surface area contributed by atoms with E-state index in [-0.39, 0.29) is 0 Å². The number of hydrogen-bond acceptors (Lipinski definition) is 1. The van der Waals surface area contributed by atoms with Gasteiger partial charge in [-0.25, -0.2) is 4.21 Å². The van der Waals surface area contributed by atoms with E-state index in [1.807, 2.05) is 0 Å². The number of nitrogens with zero attached hydrogens (tertiary/aromatic N) is 1. The molecule has 0 spiro atoms. The van der Waals surface area contributed by atoms with Crippen LogP contribution in [0.4, 0.5) is 0 Å². The maximum absolute atomic E-state index is 10.3. The van der Waals surface area contributed by atoms with Crippen LogP contribution in [0, 0.1) is 0 Å². The fourth-order valence-electron chi connectivity index (χ4n) is 0.564. The van der Waals surface area contributed by atoms with Gasteiger partial charge in [0.05, 0.1) is 0 Å². The van der Waals surface area contributed by atoms with Gasteiger partial charge in [-0.1, -0.05) is 19.8 Å². The lowest BCUT2D eigenvalue weighted by Gasteiger charge is -2.06. The maximum Gasteiger partial charge on any atom is 0.244 e. The SMILES string of the molecule is CCCCCN(Br)S(=O)O. The minimum atomic E-state index is -1.86. The Bertz CT molecular complexity index is 112. The Labute approximate surface area is 72.5 Å². The minimum Gasteiger partial charge on any atom is -0.293 e. The van der Waals surface area contributed by atoms with Crippen LogP contribution in [0.5, 0.6) is 0 Å². The summed E-state index contributed by atoms with van der Waals surface area (Å²) in [4.78, 5) is 0. The Hall–Kier alpha value is 0.550. The summed E-state index contributed by atoms with van der Waals surface area (Å²) in [5, 5.41) is 0. The first-order chi connectivity index (χ1) is 4.68. The molecule has 1 atom stereocenters. The van der Waals surface area contributed by atoms with Crippen LogP contribution in [0.1, 0.15) is 26.2 Å². The van der Waals surface area contributed by atoms with E-state index in [1.165, 1.54) is 3.33 Å². The minimum absolute atomic E-state index is 0.622. The average molecular weight is 230 g/mol. The molecule has 0 aromatic heterocycles. The van der Waals surface area contributed by atoms with Gasteiger partial charge in [0.1, 0.15) is 0 Å². The van der Waals surface area contributed by atoms with Crippen molar-refractivity contribution >= 4 is 27.4 Å². The molecule has 1 unspecified atom stereocenters. The van der Waals surface area contributed by atoms with Crippen molar-refractivity contribution in [2.45, 2.75) is 26.2 Å². The van der Waals surface area contributed by atoms with E-state index in [2.05, 4.69) is 23.1 Å². The smallest absolute Gasteiger partial charge is 0.244 e. The lowest BCUT2D eigenvalue weighted by atomic mass is 10.3. The molecule has 3 nitrogen and oxygen atoms in total. The fraction of sp³-hybridized carbons (Fsp3) is 1.00. The molecule has 0 aromatic carbocycles. The van der Waals surface area contributed by atoms with E-state index < -0.39 is 11.3 Å². The van der Waals surface area contributed by atoms with Crippen molar-refractivity contribution in [2.24, 2.45) is 0 Å². The summed E-state index contributed by atoms with van der Waals surface area (Å²) in [5.41, 5.74) is 0. The van der Waals surface area contributed by atoms with Gasteiger partial charge in [0.2, 0.25) is 11.3 Å². The van der Waals surface area contributed by atoms with Crippen LogP contribution >= 0.6 is 16.1 Å². The zero-order chi connectivity index (χ0) is 7.98.